The molecule has 15 nitrogen and oxygen atoms in total. The summed E-state index contributed by atoms with van der Waals surface area (Å²) in [5.74, 6) is -1.67. The van der Waals surface area contributed by atoms with Crippen molar-refractivity contribution in [1.82, 2.24) is 9.80 Å². The molecule has 51 heavy (non-hydrogen) atoms. The second-order valence-corrected chi connectivity index (χ2v) is 14.1. The number of nitrogens with one attached hydrogen (secondary N) is 1. The number of aliphatic hydroxyl groups is 1. The Bertz CT molecular complexity index is 1640. The number of aliphatic hydroxyl groups excluding tert-OH is 1. The first-order valence-electron chi connectivity index (χ1n) is 16.6. The van der Waals surface area contributed by atoms with Crippen LogP contribution in [0.15, 0.2) is 42.5 Å². The molecule has 0 saturated carbocycles. The molecule has 4 rings (SSSR count). The van der Waals surface area contributed by atoms with E-state index < -0.39 is 54.0 Å². The molecule has 274 valence electrons. The summed E-state index contributed by atoms with van der Waals surface area (Å²) in [6.07, 6.45) is -5.33. The van der Waals surface area contributed by atoms with Gasteiger partial charge in [-0.05, 0) is 83.0 Å². The van der Waals surface area contributed by atoms with E-state index in [-0.39, 0.29) is 42.3 Å². The number of nitriles is 1. The molecule has 2 fully saturated rings. The molecule has 2 N–H and O–H groups in total. The van der Waals surface area contributed by atoms with Gasteiger partial charge in [0.1, 0.15) is 11.2 Å². The molecule has 0 spiro atoms. The van der Waals surface area contributed by atoms with Crippen LogP contribution in [-0.4, -0.2) is 108 Å². The standard InChI is InChI=1S/C36H45N5O10/c1-35(2,3)50-33(46)41(34(47)51-36(4,5)6)22-25-20-26(11-10-24(25)21-37)38-31(44)29(43)30-32(45)40(14-17-49-30)27-9-7-8-23(18-27)19-28(42)39-12-15-48-16-13-39/h7-11,18,20,29-30,43H,12-17,19,22H2,1-6H3,(H,38,44). The van der Waals surface area contributed by atoms with Crippen LogP contribution in [0.3, 0.4) is 0 Å². The molecule has 2 heterocycles. The molecule has 2 unspecified atom stereocenters. The van der Waals surface area contributed by atoms with Gasteiger partial charge < -0.3 is 39.2 Å². The van der Waals surface area contributed by atoms with E-state index in [9.17, 15) is 34.3 Å². The van der Waals surface area contributed by atoms with E-state index in [4.69, 9.17) is 18.9 Å². The highest BCUT2D eigenvalue weighted by Crippen LogP contribution is 2.25. The Labute approximate surface area is 297 Å². The van der Waals surface area contributed by atoms with Gasteiger partial charge in [-0.25, -0.2) is 14.5 Å². The van der Waals surface area contributed by atoms with Crippen LogP contribution in [0.1, 0.15) is 58.2 Å². The smallest absolute Gasteiger partial charge is 0.420 e. The third-order valence-electron chi connectivity index (χ3n) is 7.67. The lowest BCUT2D eigenvalue weighted by molar-refractivity contribution is -0.150. The summed E-state index contributed by atoms with van der Waals surface area (Å²) >= 11 is 0. The van der Waals surface area contributed by atoms with Crippen LogP contribution >= 0.6 is 0 Å². The van der Waals surface area contributed by atoms with E-state index in [0.717, 1.165) is 0 Å². The maximum absolute atomic E-state index is 13.5. The molecule has 2 aromatic carbocycles. The highest BCUT2D eigenvalue weighted by atomic mass is 16.6. The molecule has 2 aromatic rings. The lowest BCUT2D eigenvalue weighted by atomic mass is 10.1. The van der Waals surface area contributed by atoms with Crippen LogP contribution in [0.5, 0.6) is 0 Å². The summed E-state index contributed by atoms with van der Waals surface area (Å²) in [5, 5.41) is 23.3. The topological polar surface area (TPSA) is 188 Å². The number of imide groups is 1. The number of carbonyl (C=O) groups is 5. The zero-order chi connectivity index (χ0) is 37.5. The Morgan fingerprint density at radius 2 is 1.63 bits per heavy atom. The maximum Gasteiger partial charge on any atom is 0.420 e. The van der Waals surface area contributed by atoms with E-state index in [1.165, 1.54) is 23.1 Å². The number of nitrogens with zero attached hydrogens (tertiary/aromatic N) is 4. The van der Waals surface area contributed by atoms with Gasteiger partial charge in [-0.1, -0.05) is 12.1 Å². The van der Waals surface area contributed by atoms with Crippen molar-refractivity contribution in [3.8, 4) is 6.07 Å². The van der Waals surface area contributed by atoms with E-state index in [0.29, 0.717) is 42.5 Å². The minimum atomic E-state index is -1.93. The molecule has 2 aliphatic rings. The van der Waals surface area contributed by atoms with Crippen molar-refractivity contribution in [3.05, 3.63) is 59.2 Å². The van der Waals surface area contributed by atoms with Gasteiger partial charge in [0.05, 0.1) is 44.4 Å². The third-order valence-corrected chi connectivity index (χ3v) is 7.67. The van der Waals surface area contributed by atoms with Gasteiger partial charge in [-0.3, -0.25) is 14.4 Å². The second kappa shape index (κ2) is 16.3. The number of morpholine rings is 2. The minimum Gasteiger partial charge on any atom is -0.443 e. The largest absolute Gasteiger partial charge is 0.443 e. The number of hydrogen-bond acceptors (Lipinski definition) is 11. The zero-order valence-electron chi connectivity index (χ0n) is 29.8. The molecular weight excluding hydrogens is 662 g/mol. The first-order valence-corrected chi connectivity index (χ1v) is 16.6. The van der Waals surface area contributed by atoms with Crippen LogP contribution in [0.2, 0.25) is 0 Å². The molecule has 0 radical (unpaired) electrons. The van der Waals surface area contributed by atoms with Gasteiger partial charge in [0.25, 0.3) is 11.8 Å². The van der Waals surface area contributed by atoms with E-state index in [2.05, 4.69) is 5.32 Å². The van der Waals surface area contributed by atoms with Gasteiger partial charge in [-0.2, -0.15) is 5.26 Å². The normalized spacial score (nSPS) is 17.2. The lowest BCUT2D eigenvalue weighted by Crippen LogP contribution is -2.55. The summed E-state index contributed by atoms with van der Waals surface area (Å²) in [7, 11) is 0. The van der Waals surface area contributed by atoms with Crippen LogP contribution in [0.25, 0.3) is 0 Å². The number of anilines is 2. The van der Waals surface area contributed by atoms with Crippen molar-refractivity contribution < 1.29 is 48.0 Å². The van der Waals surface area contributed by atoms with Crippen molar-refractivity contribution >= 4 is 41.3 Å². The molecule has 0 aromatic heterocycles. The Kier molecular flexibility index (Phi) is 12.4. The first kappa shape index (κ1) is 38.8. The second-order valence-electron chi connectivity index (χ2n) is 14.1. The molecule has 2 saturated heterocycles. The van der Waals surface area contributed by atoms with Crippen LogP contribution < -0.4 is 10.2 Å². The maximum atomic E-state index is 13.5. The summed E-state index contributed by atoms with van der Waals surface area (Å²) in [6, 6.07) is 13.1. The van der Waals surface area contributed by atoms with Gasteiger partial charge in [0, 0.05) is 31.0 Å². The van der Waals surface area contributed by atoms with Crippen LogP contribution in [-0.2, 0) is 46.3 Å². The van der Waals surface area contributed by atoms with Gasteiger partial charge in [-0.15, -0.1) is 0 Å². The molecule has 5 amide bonds. The summed E-state index contributed by atoms with van der Waals surface area (Å²) < 4.78 is 21.7. The van der Waals surface area contributed by atoms with E-state index in [1.54, 1.807) is 70.7 Å². The average Bonchev–Trinajstić information content (AvgIpc) is 3.06. The highest BCUT2D eigenvalue weighted by molar-refractivity contribution is 6.04. The summed E-state index contributed by atoms with van der Waals surface area (Å²) in [5.41, 5.74) is -0.318. The van der Waals surface area contributed by atoms with Crippen LogP contribution in [0.4, 0.5) is 21.0 Å². The first-order chi connectivity index (χ1) is 24.0. The SMILES string of the molecule is CC(C)(C)OC(=O)N(Cc1cc(NC(=O)C(O)C2OCCN(c3cccc(CC(=O)N4CCOCC4)c3)C2=O)ccc1C#N)C(=O)OC(C)(C)C. The highest BCUT2D eigenvalue weighted by Gasteiger charge is 2.40. The van der Waals surface area contributed by atoms with E-state index >= 15 is 0 Å². The fourth-order valence-corrected chi connectivity index (χ4v) is 5.30. The number of ether oxygens (including phenoxy) is 4. The summed E-state index contributed by atoms with van der Waals surface area (Å²) in [4.78, 5) is 69.5. The molecule has 0 bridgehead atoms. The molecule has 0 aliphatic carbocycles. The average molecular weight is 708 g/mol. The Balaban J connectivity index is 1.47. The fourth-order valence-electron chi connectivity index (χ4n) is 5.30. The Morgan fingerprint density at radius 1 is 0.980 bits per heavy atom. The predicted molar refractivity (Wildman–Crippen MR) is 183 cm³/mol. The molecule has 15 heteroatoms. The molecule has 2 atom stereocenters. The quantitative estimate of drug-likeness (QED) is 0.410. The number of carbonyl (C=O) groups excluding carboxylic acids is 5. The van der Waals surface area contributed by atoms with Gasteiger partial charge in [0.15, 0.2) is 12.2 Å². The Morgan fingerprint density at radius 3 is 2.24 bits per heavy atom. The van der Waals surface area contributed by atoms with E-state index in [1.807, 2.05) is 6.07 Å². The molecular formula is C36H45N5O10. The van der Waals surface area contributed by atoms with Crippen molar-refractivity contribution in [2.45, 2.75) is 77.9 Å². The Hall–Kier alpha value is -5.04. The minimum absolute atomic E-state index is 0.0316. The predicted octanol–water partition coefficient (Wildman–Crippen LogP) is 3.36. The summed E-state index contributed by atoms with van der Waals surface area (Å²) in [6.45, 7) is 11.6. The zero-order valence-corrected chi connectivity index (χ0v) is 29.8. The number of benzene rings is 2. The monoisotopic (exact) mass is 707 g/mol. The van der Waals surface area contributed by atoms with Gasteiger partial charge in [0.2, 0.25) is 5.91 Å². The van der Waals surface area contributed by atoms with Gasteiger partial charge >= 0.3 is 12.2 Å². The van der Waals surface area contributed by atoms with Crippen molar-refractivity contribution in [1.29, 1.82) is 5.26 Å². The fraction of sp³-hybridized carbons (Fsp3) is 0.500. The molecule has 2 aliphatic heterocycles. The lowest BCUT2D eigenvalue weighted by Gasteiger charge is -2.34. The van der Waals surface area contributed by atoms with Crippen LogP contribution in [0, 0.1) is 11.3 Å². The number of hydrogen-bond donors (Lipinski definition) is 2. The van der Waals surface area contributed by atoms with Crippen molar-refractivity contribution in [2.24, 2.45) is 0 Å². The third kappa shape index (κ3) is 10.7. The number of amides is 5. The van der Waals surface area contributed by atoms with Crippen molar-refractivity contribution in [3.63, 3.8) is 0 Å². The number of rotatable bonds is 8. The van der Waals surface area contributed by atoms with Crippen molar-refractivity contribution in [2.75, 3.05) is 49.7 Å².